The number of pyridine rings is 1. The molecule has 1 aliphatic heterocycles. The first-order chi connectivity index (χ1) is 9.79. The lowest BCUT2D eigenvalue weighted by molar-refractivity contribution is 0.726. The predicted molar refractivity (Wildman–Crippen MR) is 88.9 cm³/mol. The van der Waals surface area contributed by atoms with Gasteiger partial charge in [0.15, 0.2) is 0 Å². The second-order valence-corrected chi connectivity index (χ2v) is 6.40. The van der Waals surface area contributed by atoms with E-state index in [1.54, 1.807) is 11.8 Å². The Balaban J connectivity index is 2.07. The van der Waals surface area contributed by atoms with Crippen LogP contribution in [0.25, 0.3) is 10.9 Å². The van der Waals surface area contributed by atoms with Crippen molar-refractivity contribution in [2.45, 2.75) is 37.5 Å². The van der Waals surface area contributed by atoms with Crippen LogP contribution in [0.3, 0.4) is 0 Å². The molecule has 2 aromatic rings. The predicted octanol–water partition coefficient (Wildman–Crippen LogP) is 4.65. The number of hydrogen-bond donors (Lipinski definition) is 0. The molecule has 1 aromatic heterocycles. The first-order valence-electron chi connectivity index (χ1n) is 7.49. The molecule has 106 valence electrons. The lowest BCUT2D eigenvalue weighted by Crippen LogP contribution is -2.25. The van der Waals surface area contributed by atoms with Gasteiger partial charge in [0.1, 0.15) is 5.82 Å². The molecule has 1 fully saturated rings. The Hall–Kier alpha value is -1.22. The fourth-order valence-corrected chi connectivity index (χ4v) is 3.56. The fourth-order valence-electron chi connectivity index (χ4n) is 3.00. The van der Waals surface area contributed by atoms with Gasteiger partial charge in [0.2, 0.25) is 0 Å². The van der Waals surface area contributed by atoms with E-state index in [9.17, 15) is 0 Å². The molecule has 0 unspecified atom stereocenters. The molecule has 0 N–H and O–H groups in total. The van der Waals surface area contributed by atoms with Crippen molar-refractivity contribution >= 4 is 28.5 Å². The minimum absolute atomic E-state index is 1.15. The minimum atomic E-state index is 1.15. The highest BCUT2D eigenvalue weighted by Gasteiger charge is 2.14. The normalized spacial score (nSPS) is 16.4. The number of aryl methyl sites for hydroxylation is 1. The molecule has 0 radical (unpaired) electrons. The van der Waals surface area contributed by atoms with Crippen molar-refractivity contribution in [2.75, 3.05) is 24.2 Å². The lowest BCUT2D eigenvalue weighted by Gasteiger charge is -2.22. The number of fused-ring (bicyclic) bond motifs is 1. The molecule has 2 heterocycles. The van der Waals surface area contributed by atoms with E-state index in [0.29, 0.717) is 0 Å². The van der Waals surface area contributed by atoms with Gasteiger partial charge in [0, 0.05) is 23.4 Å². The summed E-state index contributed by atoms with van der Waals surface area (Å²) in [5, 5.41) is 1.29. The largest absolute Gasteiger partial charge is 0.357 e. The average Bonchev–Trinajstić information content (AvgIpc) is 2.75. The van der Waals surface area contributed by atoms with Crippen molar-refractivity contribution in [3.05, 3.63) is 29.8 Å². The maximum Gasteiger partial charge on any atom is 0.129 e. The molecule has 1 saturated heterocycles. The zero-order chi connectivity index (χ0) is 13.9. The quantitative estimate of drug-likeness (QED) is 0.748. The van der Waals surface area contributed by atoms with E-state index in [-0.39, 0.29) is 0 Å². The first kappa shape index (κ1) is 13.7. The first-order valence-corrected chi connectivity index (χ1v) is 8.71. The van der Waals surface area contributed by atoms with E-state index in [1.165, 1.54) is 52.9 Å². The van der Waals surface area contributed by atoms with Gasteiger partial charge in [-0.2, -0.15) is 0 Å². The molecule has 0 amide bonds. The van der Waals surface area contributed by atoms with Crippen LogP contribution in [0, 0.1) is 6.92 Å². The van der Waals surface area contributed by atoms with E-state index in [1.807, 2.05) is 0 Å². The van der Waals surface area contributed by atoms with E-state index in [4.69, 9.17) is 4.98 Å². The fraction of sp³-hybridized carbons (Fsp3) is 0.471. The van der Waals surface area contributed by atoms with Crippen LogP contribution in [0.2, 0.25) is 0 Å². The molecule has 3 rings (SSSR count). The second-order valence-electron chi connectivity index (χ2n) is 5.56. The third-order valence-corrected chi connectivity index (χ3v) is 4.92. The molecular formula is C17H22N2S. The van der Waals surface area contributed by atoms with Crippen LogP contribution >= 0.6 is 11.8 Å². The summed E-state index contributed by atoms with van der Waals surface area (Å²) in [6.07, 6.45) is 7.44. The maximum absolute atomic E-state index is 4.98. The van der Waals surface area contributed by atoms with Gasteiger partial charge in [0.25, 0.3) is 0 Å². The zero-order valence-electron chi connectivity index (χ0n) is 12.4. The molecule has 0 aliphatic carbocycles. The Labute approximate surface area is 125 Å². The van der Waals surface area contributed by atoms with E-state index >= 15 is 0 Å². The van der Waals surface area contributed by atoms with Crippen molar-refractivity contribution in [3.63, 3.8) is 0 Å². The number of anilines is 1. The molecule has 1 aliphatic rings. The number of aromatic nitrogens is 1. The molecule has 0 spiro atoms. The summed E-state index contributed by atoms with van der Waals surface area (Å²) in [4.78, 5) is 8.73. The maximum atomic E-state index is 4.98. The smallest absolute Gasteiger partial charge is 0.129 e. The highest BCUT2D eigenvalue weighted by atomic mass is 32.2. The van der Waals surface area contributed by atoms with Crippen molar-refractivity contribution < 1.29 is 0 Å². The summed E-state index contributed by atoms with van der Waals surface area (Å²) in [5.41, 5.74) is 2.50. The Bertz CT molecular complexity index is 601. The van der Waals surface area contributed by atoms with Gasteiger partial charge in [-0.15, -0.1) is 11.8 Å². The topological polar surface area (TPSA) is 16.1 Å². The number of para-hydroxylation sites is 1. The van der Waals surface area contributed by atoms with E-state index in [0.717, 1.165) is 13.1 Å². The number of hydrogen-bond acceptors (Lipinski definition) is 3. The minimum Gasteiger partial charge on any atom is -0.357 e. The SMILES string of the molecule is CSc1cccc2c(C)cc(N3CCCCCC3)nc12. The monoisotopic (exact) mass is 286 g/mol. The summed E-state index contributed by atoms with van der Waals surface area (Å²) in [5.74, 6) is 1.17. The van der Waals surface area contributed by atoms with Gasteiger partial charge in [-0.25, -0.2) is 4.98 Å². The van der Waals surface area contributed by atoms with Gasteiger partial charge in [-0.3, -0.25) is 0 Å². The summed E-state index contributed by atoms with van der Waals surface area (Å²) < 4.78 is 0. The van der Waals surface area contributed by atoms with Gasteiger partial charge in [-0.05, 0) is 43.7 Å². The Morgan fingerprint density at radius 3 is 2.55 bits per heavy atom. The van der Waals surface area contributed by atoms with Gasteiger partial charge in [-0.1, -0.05) is 25.0 Å². The molecule has 20 heavy (non-hydrogen) atoms. The van der Waals surface area contributed by atoms with Gasteiger partial charge < -0.3 is 4.90 Å². The van der Waals surface area contributed by atoms with Crippen LogP contribution in [0.15, 0.2) is 29.2 Å². The van der Waals surface area contributed by atoms with Crippen LogP contribution in [-0.4, -0.2) is 24.3 Å². The van der Waals surface area contributed by atoms with Crippen molar-refractivity contribution in [3.8, 4) is 0 Å². The molecule has 3 heteroatoms. The van der Waals surface area contributed by atoms with E-state index in [2.05, 4.69) is 42.3 Å². The molecule has 1 aromatic carbocycles. The highest BCUT2D eigenvalue weighted by molar-refractivity contribution is 7.98. The third kappa shape index (κ3) is 2.64. The Kier molecular flexibility index (Phi) is 4.16. The van der Waals surface area contributed by atoms with Crippen LogP contribution in [0.5, 0.6) is 0 Å². The summed E-state index contributed by atoms with van der Waals surface area (Å²) in [6, 6.07) is 8.75. The summed E-state index contributed by atoms with van der Waals surface area (Å²) >= 11 is 1.79. The lowest BCUT2D eigenvalue weighted by atomic mass is 10.1. The second kappa shape index (κ2) is 6.04. The Morgan fingerprint density at radius 1 is 1.10 bits per heavy atom. The number of benzene rings is 1. The zero-order valence-corrected chi connectivity index (χ0v) is 13.2. The third-order valence-electron chi connectivity index (χ3n) is 4.15. The molecular weight excluding hydrogens is 264 g/mol. The van der Waals surface area contributed by atoms with Crippen molar-refractivity contribution in [1.82, 2.24) is 4.98 Å². The van der Waals surface area contributed by atoms with Gasteiger partial charge in [0.05, 0.1) is 5.52 Å². The van der Waals surface area contributed by atoms with E-state index < -0.39 is 0 Å². The van der Waals surface area contributed by atoms with Crippen LogP contribution in [0.4, 0.5) is 5.82 Å². The Morgan fingerprint density at radius 2 is 1.85 bits per heavy atom. The number of thioether (sulfide) groups is 1. The van der Waals surface area contributed by atoms with Crippen LogP contribution < -0.4 is 4.90 Å². The number of nitrogens with zero attached hydrogens (tertiary/aromatic N) is 2. The van der Waals surface area contributed by atoms with Gasteiger partial charge >= 0.3 is 0 Å². The van der Waals surface area contributed by atoms with Crippen molar-refractivity contribution in [1.29, 1.82) is 0 Å². The van der Waals surface area contributed by atoms with Crippen LogP contribution in [0.1, 0.15) is 31.2 Å². The number of rotatable bonds is 2. The van der Waals surface area contributed by atoms with Crippen molar-refractivity contribution in [2.24, 2.45) is 0 Å². The highest BCUT2D eigenvalue weighted by Crippen LogP contribution is 2.30. The standard InChI is InChI=1S/C17H22N2S/c1-13-12-16(19-10-5-3-4-6-11-19)18-17-14(13)8-7-9-15(17)20-2/h7-9,12H,3-6,10-11H2,1-2H3. The molecule has 0 atom stereocenters. The summed E-state index contributed by atoms with van der Waals surface area (Å²) in [6.45, 7) is 4.51. The molecule has 0 bridgehead atoms. The molecule has 0 saturated carbocycles. The molecule has 2 nitrogen and oxygen atoms in total. The average molecular weight is 286 g/mol. The summed E-state index contributed by atoms with van der Waals surface area (Å²) in [7, 11) is 0. The van der Waals surface area contributed by atoms with Crippen LogP contribution in [-0.2, 0) is 0 Å².